The van der Waals surface area contributed by atoms with Gasteiger partial charge in [0.05, 0.1) is 5.69 Å². The number of hydrogen-bond acceptors (Lipinski definition) is 4. The number of ether oxygens (including phenoxy) is 1. The SMILES string of the molecule is CCc1nccn1-c1ccc(N)c(OC(C)(C)C)n1. The Labute approximate surface area is 113 Å². The van der Waals surface area contributed by atoms with E-state index in [9.17, 15) is 0 Å². The molecule has 0 aliphatic rings. The molecule has 0 fully saturated rings. The second-order valence-electron chi connectivity index (χ2n) is 5.35. The lowest BCUT2D eigenvalue weighted by Gasteiger charge is -2.21. The molecule has 0 bridgehead atoms. The summed E-state index contributed by atoms with van der Waals surface area (Å²) in [6.07, 6.45) is 4.49. The van der Waals surface area contributed by atoms with Crippen molar-refractivity contribution in [3.8, 4) is 11.7 Å². The average Bonchev–Trinajstić information content (AvgIpc) is 2.78. The van der Waals surface area contributed by atoms with Gasteiger partial charge in [0.25, 0.3) is 0 Å². The standard InChI is InChI=1S/C14H20N4O/c1-5-11-16-8-9-18(11)12-7-6-10(15)13(17-12)19-14(2,3)4/h6-9H,5,15H2,1-4H3. The van der Waals surface area contributed by atoms with Crippen LogP contribution in [0.1, 0.15) is 33.5 Å². The van der Waals surface area contributed by atoms with Crippen molar-refractivity contribution < 1.29 is 4.74 Å². The van der Waals surface area contributed by atoms with E-state index in [1.54, 1.807) is 6.20 Å². The Hall–Kier alpha value is -2.04. The van der Waals surface area contributed by atoms with E-state index < -0.39 is 0 Å². The van der Waals surface area contributed by atoms with Crippen LogP contribution in [0.2, 0.25) is 0 Å². The third-order valence-corrected chi connectivity index (χ3v) is 2.56. The molecule has 0 radical (unpaired) electrons. The fourth-order valence-corrected chi connectivity index (χ4v) is 1.75. The molecule has 0 atom stereocenters. The maximum atomic E-state index is 5.91. The Kier molecular flexibility index (Phi) is 3.46. The third kappa shape index (κ3) is 3.05. The first-order valence-corrected chi connectivity index (χ1v) is 6.39. The highest BCUT2D eigenvalue weighted by atomic mass is 16.5. The molecular weight excluding hydrogens is 240 g/mol. The summed E-state index contributed by atoms with van der Waals surface area (Å²) in [6.45, 7) is 7.96. The number of aryl methyl sites for hydroxylation is 1. The van der Waals surface area contributed by atoms with E-state index in [2.05, 4.69) is 16.9 Å². The van der Waals surface area contributed by atoms with Crippen LogP contribution >= 0.6 is 0 Å². The minimum absolute atomic E-state index is 0.331. The first-order chi connectivity index (χ1) is 8.90. The Bertz CT molecular complexity index is 569. The number of pyridine rings is 1. The van der Waals surface area contributed by atoms with Gasteiger partial charge in [-0.3, -0.25) is 4.57 Å². The number of rotatable bonds is 3. The lowest BCUT2D eigenvalue weighted by molar-refractivity contribution is 0.125. The summed E-state index contributed by atoms with van der Waals surface area (Å²) in [5.41, 5.74) is 6.12. The van der Waals surface area contributed by atoms with E-state index in [1.807, 2.05) is 43.7 Å². The van der Waals surface area contributed by atoms with Gasteiger partial charge in [-0.25, -0.2) is 4.98 Å². The maximum Gasteiger partial charge on any atom is 0.239 e. The summed E-state index contributed by atoms with van der Waals surface area (Å²) in [6, 6.07) is 3.68. The van der Waals surface area contributed by atoms with Gasteiger partial charge < -0.3 is 10.5 Å². The second-order valence-corrected chi connectivity index (χ2v) is 5.35. The molecule has 5 heteroatoms. The zero-order valence-corrected chi connectivity index (χ0v) is 11.8. The molecule has 2 aromatic heterocycles. The van der Waals surface area contributed by atoms with Crippen LogP contribution in [0.5, 0.6) is 5.88 Å². The number of nitrogens with two attached hydrogens (primary N) is 1. The highest BCUT2D eigenvalue weighted by molar-refractivity contribution is 5.51. The molecule has 0 unspecified atom stereocenters. The first-order valence-electron chi connectivity index (χ1n) is 6.39. The van der Waals surface area contributed by atoms with E-state index in [0.29, 0.717) is 11.6 Å². The summed E-state index contributed by atoms with van der Waals surface area (Å²) >= 11 is 0. The van der Waals surface area contributed by atoms with Crippen LogP contribution in [-0.2, 0) is 6.42 Å². The van der Waals surface area contributed by atoms with Crippen LogP contribution in [0.15, 0.2) is 24.5 Å². The summed E-state index contributed by atoms with van der Waals surface area (Å²) in [7, 11) is 0. The van der Waals surface area contributed by atoms with Gasteiger partial charge in [-0.2, -0.15) is 4.98 Å². The van der Waals surface area contributed by atoms with Gasteiger partial charge in [0.1, 0.15) is 17.2 Å². The second kappa shape index (κ2) is 4.91. The van der Waals surface area contributed by atoms with Crippen molar-refractivity contribution in [3.05, 3.63) is 30.4 Å². The molecule has 0 aliphatic heterocycles. The van der Waals surface area contributed by atoms with Gasteiger partial charge in [-0.1, -0.05) is 6.92 Å². The molecule has 2 rings (SSSR count). The smallest absolute Gasteiger partial charge is 0.239 e. The first kappa shape index (κ1) is 13.4. The average molecular weight is 260 g/mol. The number of nitrogen functional groups attached to an aromatic ring is 1. The number of hydrogen-bond donors (Lipinski definition) is 1. The fourth-order valence-electron chi connectivity index (χ4n) is 1.75. The van der Waals surface area contributed by atoms with Gasteiger partial charge in [-0.15, -0.1) is 0 Å². The Morgan fingerprint density at radius 3 is 2.68 bits per heavy atom. The van der Waals surface area contributed by atoms with E-state index in [0.717, 1.165) is 18.1 Å². The zero-order chi connectivity index (χ0) is 14.0. The molecule has 2 N–H and O–H groups in total. The highest BCUT2D eigenvalue weighted by Crippen LogP contribution is 2.24. The summed E-state index contributed by atoms with van der Waals surface area (Å²) in [5, 5.41) is 0. The van der Waals surface area contributed by atoms with Gasteiger partial charge in [0, 0.05) is 18.8 Å². The zero-order valence-electron chi connectivity index (χ0n) is 11.8. The maximum absolute atomic E-state index is 5.91. The molecular formula is C14H20N4O. The predicted molar refractivity (Wildman–Crippen MR) is 75.5 cm³/mol. The molecule has 2 heterocycles. The topological polar surface area (TPSA) is 66.0 Å². The molecule has 0 saturated heterocycles. The fraction of sp³-hybridized carbons (Fsp3) is 0.429. The van der Waals surface area contributed by atoms with E-state index >= 15 is 0 Å². The summed E-state index contributed by atoms with van der Waals surface area (Å²) in [5.74, 6) is 2.18. The van der Waals surface area contributed by atoms with Crippen LogP contribution < -0.4 is 10.5 Å². The number of nitrogens with zero attached hydrogens (tertiary/aromatic N) is 3. The number of anilines is 1. The minimum Gasteiger partial charge on any atom is -0.470 e. The quantitative estimate of drug-likeness (QED) is 0.921. The van der Waals surface area contributed by atoms with Gasteiger partial charge in [0.15, 0.2) is 0 Å². The van der Waals surface area contributed by atoms with Crippen molar-refractivity contribution in [1.29, 1.82) is 0 Å². The van der Waals surface area contributed by atoms with E-state index in [-0.39, 0.29) is 5.60 Å². The minimum atomic E-state index is -0.331. The molecule has 0 amide bonds. The predicted octanol–water partition coefficient (Wildman–Crippen LogP) is 2.59. The highest BCUT2D eigenvalue weighted by Gasteiger charge is 2.16. The lowest BCUT2D eigenvalue weighted by atomic mass is 10.2. The van der Waals surface area contributed by atoms with Crippen LogP contribution in [0.4, 0.5) is 5.69 Å². The normalized spacial score (nSPS) is 11.6. The monoisotopic (exact) mass is 260 g/mol. The molecule has 0 aromatic carbocycles. The van der Waals surface area contributed by atoms with Gasteiger partial charge in [0.2, 0.25) is 5.88 Å². The van der Waals surface area contributed by atoms with Crippen molar-refractivity contribution in [3.63, 3.8) is 0 Å². The van der Waals surface area contributed by atoms with Crippen molar-refractivity contribution >= 4 is 5.69 Å². The molecule has 102 valence electrons. The molecule has 5 nitrogen and oxygen atoms in total. The van der Waals surface area contributed by atoms with Crippen molar-refractivity contribution in [2.75, 3.05) is 5.73 Å². The number of aromatic nitrogens is 3. The van der Waals surface area contributed by atoms with Crippen LogP contribution in [-0.4, -0.2) is 20.1 Å². The summed E-state index contributed by atoms with van der Waals surface area (Å²) < 4.78 is 7.71. The molecule has 0 saturated carbocycles. The summed E-state index contributed by atoms with van der Waals surface area (Å²) in [4.78, 5) is 8.77. The van der Waals surface area contributed by atoms with Crippen molar-refractivity contribution in [2.45, 2.75) is 39.7 Å². The van der Waals surface area contributed by atoms with Crippen LogP contribution in [0, 0.1) is 0 Å². The Morgan fingerprint density at radius 2 is 2.05 bits per heavy atom. The van der Waals surface area contributed by atoms with Crippen molar-refractivity contribution in [1.82, 2.24) is 14.5 Å². The lowest BCUT2D eigenvalue weighted by Crippen LogP contribution is -2.24. The van der Waals surface area contributed by atoms with Gasteiger partial charge in [-0.05, 0) is 32.9 Å². The van der Waals surface area contributed by atoms with E-state index in [4.69, 9.17) is 10.5 Å². The van der Waals surface area contributed by atoms with Crippen molar-refractivity contribution in [2.24, 2.45) is 0 Å². The number of imidazole rings is 1. The van der Waals surface area contributed by atoms with E-state index in [1.165, 1.54) is 0 Å². The molecule has 0 spiro atoms. The molecule has 2 aromatic rings. The largest absolute Gasteiger partial charge is 0.470 e. The van der Waals surface area contributed by atoms with Crippen LogP contribution in [0.3, 0.4) is 0 Å². The van der Waals surface area contributed by atoms with Crippen LogP contribution in [0.25, 0.3) is 5.82 Å². The molecule has 0 aliphatic carbocycles. The Balaban J connectivity index is 2.41. The van der Waals surface area contributed by atoms with Gasteiger partial charge >= 0.3 is 0 Å². The Morgan fingerprint density at radius 1 is 1.32 bits per heavy atom. The third-order valence-electron chi connectivity index (χ3n) is 2.56. The molecule has 19 heavy (non-hydrogen) atoms.